The number of carboxylic acids is 1. The number of carboxylic acid groups (broad SMARTS) is 1. The lowest BCUT2D eigenvalue weighted by Crippen LogP contribution is -2.48. The molecule has 8 heteroatoms. The van der Waals surface area contributed by atoms with Crippen LogP contribution in [-0.4, -0.2) is 55.0 Å². The molecule has 2 aromatic carbocycles. The maximum atomic E-state index is 12.8. The maximum Gasteiger partial charge on any atom is 0.407 e. The quantitative estimate of drug-likeness (QED) is 0.587. The van der Waals surface area contributed by atoms with Gasteiger partial charge in [0.25, 0.3) is 0 Å². The number of hydrogen-bond acceptors (Lipinski definition) is 5. The van der Waals surface area contributed by atoms with E-state index in [4.69, 9.17) is 9.47 Å². The Morgan fingerprint density at radius 3 is 2.31 bits per heavy atom. The smallest absolute Gasteiger partial charge is 0.407 e. The molecule has 5 rings (SSSR count). The van der Waals surface area contributed by atoms with E-state index in [0.717, 1.165) is 24.0 Å². The average molecular weight is 479 g/mol. The molecule has 3 N–H and O–H groups in total. The molecule has 8 nitrogen and oxygen atoms in total. The minimum atomic E-state index is -0.966. The number of aliphatic carboxylic acids is 1. The van der Waals surface area contributed by atoms with Gasteiger partial charge in [0.2, 0.25) is 5.91 Å². The minimum Gasteiger partial charge on any atom is -0.481 e. The van der Waals surface area contributed by atoms with Gasteiger partial charge in [-0.25, -0.2) is 4.79 Å². The molecule has 1 heterocycles. The van der Waals surface area contributed by atoms with Crippen LogP contribution >= 0.6 is 0 Å². The van der Waals surface area contributed by atoms with E-state index in [9.17, 15) is 19.5 Å². The summed E-state index contributed by atoms with van der Waals surface area (Å²) < 4.78 is 10.9. The summed E-state index contributed by atoms with van der Waals surface area (Å²) in [6, 6.07) is 15.7. The second kappa shape index (κ2) is 10.1. The molecule has 2 amide bonds. The Morgan fingerprint density at radius 2 is 1.63 bits per heavy atom. The van der Waals surface area contributed by atoms with E-state index in [2.05, 4.69) is 34.9 Å². The molecule has 1 aliphatic heterocycles. The monoisotopic (exact) mass is 478 g/mol. The number of ether oxygens (including phenoxy) is 2. The average Bonchev–Trinajstić information content (AvgIpc) is 3.45. The highest BCUT2D eigenvalue weighted by Crippen LogP contribution is 2.44. The van der Waals surface area contributed by atoms with E-state index in [0.29, 0.717) is 12.8 Å². The SMILES string of the molecule is O=C(N[C@@H]1CCC[C@H](C(=O)NC2COCC2C(=O)O)C1)OCC1c2ccccc2-c2ccccc21. The maximum absolute atomic E-state index is 12.8. The fourth-order valence-electron chi connectivity index (χ4n) is 5.61. The van der Waals surface area contributed by atoms with Crippen LogP contribution in [0.4, 0.5) is 4.79 Å². The van der Waals surface area contributed by atoms with E-state index in [1.807, 2.05) is 24.3 Å². The first kappa shape index (κ1) is 23.4. The topological polar surface area (TPSA) is 114 Å². The molecule has 3 aliphatic rings. The number of rotatable bonds is 6. The summed E-state index contributed by atoms with van der Waals surface area (Å²) in [5.74, 6) is -2.15. The van der Waals surface area contributed by atoms with Gasteiger partial charge in [-0.1, -0.05) is 55.0 Å². The van der Waals surface area contributed by atoms with Crippen LogP contribution in [-0.2, 0) is 19.1 Å². The number of hydrogen-bond donors (Lipinski definition) is 3. The van der Waals surface area contributed by atoms with Crippen LogP contribution in [0.5, 0.6) is 0 Å². The Morgan fingerprint density at radius 1 is 0.943 bits per heavy atom. The number of amides is 2. The van der Waals surface area contributed by atoms with E-state index in [-0.39, 0.29) is 43.6 Å². The van der Waals surface area contributed by atoms with Gasteiger partial charge in [-0.05, 0) is 41.5 Å². The molecule has 1 saturated heterocycles. The van der Waals surface area contributed by atoms with Crippen molar-refractivity contribution >= 4 is 18.0 Å². The molecule has 1 saturated carbocycles. The normalized spacial score (nSPS) is 25.4. The third-order valence-electron chi connectivity index (χ3n) is 7.44. The first-order valence-corrected chi connectivity index (χ1v) is 12.2. The summed E-state index contributed by atoms with van der Waals surface area (Å²) >= 11 is 0. The van der Waals surface area contributed by atoms with E-state index < -0.39 is 24.0 Å². The molecule has 2 aliphatic carbocycles. The third kappa shape index (κ3) is 4.89. The number of carbonyl (C=O) groups is 3. The zero-order valence-corrected chi connectivity index (χ0v) is 19.4. The van der Waals surface area contributed by atoms with Crippen LogP contribution in [0.3, 0.4) is 0 Å². The van der Waals surface area contributed by atoms with Crippen molar-refractivity contribution in [1.29, 1.82) is 0 Å². The summed E-state index contributed by atoms with van der Waals surface area (Å²) in [5.41, 5.74) is 4.67. The van der Waals surface area contributed by atoms with Crippen LogP contribution in [0.15, 0.2) is 48.5 Å². The first-order valence-electron chi connectivity index (χ1n) is 12.2. The molecular formula is C27H30N2O6. The number of fused-ring (bicyclic) bond motifs is 3. The Hall–Kier alpha value is -3.39. The van der Waals surface area contributed by atoms with E-state index in [1.165, 1.54) is 11.1 Å². The minimum absolute atomic E-state index is 0.00570. The second-order valence-corrected chi connectivity index (χ2v) is 9.63. The summed E-state index contributed by atoms with van der Waals surface area (Å²) in [6.45, 7) is 0.558. The lowest BCUT2D eigenvalue weighted by Gasteiger charge is -2.30. The lowest BCUT2D eigenvalue weighted by molar-refractivity contribution is -0.142. The molecule has 2 fully saturated rings. The van der Waals surface area contributed by atoms with Crippen LogP contribution in [0.1, 0.15) is 42.7 Å². The highest BCUT2D eigenvalue weighted by atomic mass is 16.5. The van der Waals surface area contributed by atoms with Crippen LogP contribution < -0.4 is 10.6 Å². The predicted molar refractivity (Wildman–Crippen MR) is 128 cm³/mol. The Labute approximate surface area is 204 Å². The summed E-state index contributed by atoms with van der Waals surface area (Å²) in [4.78, 5) is 36.8. The molecule has 0 spiro atoms. The lowest BCUT2D eigenvalue weighted by atomic mass is 9.85. The van der Waals surface area contributed by atoms with Crippen LogP contribution in [0, 0.1) is 11.8 Å². The van der Waals surface area contributed by atoms with Crippen molar-refractivity contribution in [3.05, 3.63) is 59.7 Å². The van der Waals surface area contributed by atoms with Gasteiger partial charge in [-0.2, -0.15) is 0 Å². The molecular weight excluding hydrogens is 448 g/mol. The van der Waals surface area contributed by atoms with Crippen molar-refractivity contribution in [2.24, 2.45) is 11.8 Å². The van der Waals surface area contributed by atoms with Crippen molar-refractivity contribution in [2.75, 3.05) is 19.8 Å². The Kier molecular flexibility index (Phi) is 6.72. The molecule has 0 radical (unpaired) electrons. The summed E-state index contributed by atoms with van der Waals surface area (Å²) in [5, 5.41) is 15.1. The third-order valence-corrected chi connectivity index (χ3v) is 7.44. The standard InChI is InChI=1S/C27H30N2O6/c30-25(29-24-15-34-13-23(24)26(31)32)16-6-5-7-17(12-16)28-27(33)35-14-22-20-10-3-1-8-18(20)19-9-2-4-11-21(19)22/h1-4,8-11,16-17,22-24H,5-7,12-15H2,(H,28,33)(H,29,30)(H,31,32)/t16-,17+,23?,24?/m0/s1. The van der Waals surface area contributed by atoms with Crippen LogP contribution in [0.25, 0.3) is 11.1 Å². The number of benzene rings is 2. The predicted octanol–water partition coefficient (Wildman–Crippen LogP) is 3.30. The van der Waals surface area contributed by atoms with E-state index >= 15 is 0 Å². The molecule has 4 atom stereocenters. The van der Waals surface area contributed by atoms with Crippen molar-refractivity contribution in [2.45, 2.75) is 43.7 Å². The van der Waals surface area contributed by atoms with Crippen molar-refractivity contribution in [3.8, 4) is 11.1 Å². The Bertz CT molecular complexity index is 1070. The van der Waals surface area contributed by atoms with Gasteiger partial charge in [0, 0.05) is 17.9 Å². The van der Waals surface area contributed by atoms with Gasteiger partial charge in [0.05, 0.1) is 19.3 Å². The van der Waals surface area contributed by atoms with Crippen molar-refractivity contribution in [1.82, 2.24) is 10.6 Å². The molecule has 0 bridgehead atoms. The largest absolute Gasteiger partial charge is 0.481 e. The summed E-state index contributed by atoms with van der Waals surface area (Å²) in [7, 11) is 0. The molecule has 35 heavy (non-hydrogen) atoms. The second-order valence-electron chi connectivity index (χ2n) is 9.63. The highest BCUT2D eigenvalue weighted by molar-refractivity contribution is 5.81. The van der Waals surface area contributed by atoms with Gasteiger partial charge in [0.1, 0.15) is 12.5 Å². The molecule has 0 aromatic heterocycles. The molecule has 2 aromatic rings. The van der Waals surface area contributed by atoms with Gasteiger partial charge >= 0.3 is 12.1 Å². The molecule has 2 unspecified atom stereocenters. The highest BCUT2D eigenvalue weighted by Gasteiger charge is 2.37. The van der Waals surface area contributed by atoms with Gasteiger partial charge < -0.3 is 25.2 Å². The summed E-state index contributed by atoms with van der Waals surface area (Å²) in [6.07, 6.45) is 2.31. The number of nitrogens with one attached hydrogen (secondary N) is 2. The zero-order chi connectivity index (χ0) is 24.4. The zero-order valence-electron chi connectivity index (χ0n) is 19.4. The van der Waals surface area contributed by atoms with Gasteiger partial charge in [-0.3, -0.25) is 9.59 Å². The van der Waals surface area contributed by atoms with Crippen LogP contribution in [0.2, 0.25) is 0 Å². The van der Waals surface area contributed by atoms with Crippen molar-refractivity contribution in [3.63, 3.8) is 0 Å². The number of carbonyl (C=O) groups excluding carboxylic acids is 2. The Balaban J connectivity index is 1.14. The number of alkyl carbamates (subject to hydrolysis) is 1. The fraction of sp³-hybridized carbons (Fsp3) is 0.444. The fourth-order valence-corrected chi connectivity index (χ4v) is 5.61. The van der Waals surface area contributed by atoms with E-state index in [1.54, 1.807) is 0 Å². The first-order chi connectivity index (χ1) is 17.0. The van der Waals surface area contributed by atoms with Gasteiger partial charge in [-0.15, -0.1) is 0 Å². The van der Waals surface area contributed by atoms with Gasteiger partial charge in [0.15, 0.2) is 0 Å². The molecule has 184 valence electrons. The van der Waals surface area contributed by atoms with Crippen molar-refractivity contribution < 1.29 is 29.0 Å².